The van der Waals surface area contributed by atoms with Gasteiger partial charge in [-0.25, -0.2) is 0 Å². The number of rotatable bonds is 6. The minimum absolute atomic E-state index is 0.360. The zero-order valence-electron chi connectivity index (χ0n) is 12.0. The number of aryl methyl sites for hydroxylation is 1. The highest BCUT2D eigenvalue weighted by atomic mass is 16.5. The lowest BCUT2D eigenvalue weighted by Gasteiger charge is -2.10. The van der Waals surface area contributed by atoms with Crippen LogP contribution in [0.2, 0.25) is 0 Å². The maximum atomic E-state index is 9.38. The number of nitrogens with zero attached hydrogens (tertiary/aromatic N) is 2. The maximum absolute atomic E-state index is 9.38. The summed E-state index contributed by atoms with van der Waals surface area (Å²) >= 11 is 0. The van der Waals surface area contributed by atoms with Crippen molar-refractivity contribution < 1.29 is 9.47 Å². The third-order valence-electron chi connectivity index (χ3n) is 3.32. The van der Waals surface area contributed by atoms with Crippen molar-refractivity contribution in [1.82, 2.24) is 9.88 Å². The van der Waals surface area contributed by atoms with Crippen molar-refractivity contribution in [1.29, 1.82) is 5.26 Å². The molecule has 0 aliphatic heterocycles. The molecule has 0 spiro atoms. The molecule has 5 heteroatoms. The predicted molar refractivity (Wildman–Crippen MR) is 77.7 cm³/mol. The van der Waals surface area contributed by atoms with Gasteiger partial charge in [0.1, 0.15) is 11.8 Å². The smallest absolute Gasteiger partial charge is 0.123 e. The summed E-state index contributed by atoms with van der Waals surface area (Å²) in [7, 11) is 5.26. The van der Waals surface area contributed by atoms with Crippen molar-refractivity contribution in [2.45, 2.75) is 6.04 Å². The number of hydrogen-bond donors (Lipinski definition) is 1. The molecule has 106 valence electrons. The lowest BCUT2D eigenvalue weighted by Crippen LogP contribution is -2.23. The number of hydrogen-bond acceptors (Lipinski definition) is 4. The molecule has 0 saturated heterocycles. The first-order valence-corrected chi connectivity index (χ1v) is 6.46. The average molecular weight is 273 g/mol. The van der Waals surface area contributed by atoms with Gasteiger partial charge in [0.05, 0.1) is 19.8 Å². The van der Waals surface area contributed by atoms with Gasteiger partial charge in [0.25, 0.3) is 0 Å². The Morgan fingerprint density at radius 2 is 2.20 bits per heavy atom. The number of nitrogens with one attached hydrogen (secondary N) is 1. The number of ether oxygens (including phenoxy) is 2. The van der Waals surface area contributed by atoms with E-state index in [4.69, 9.17) is 9.47 Å². The number of methoxy groups -OCH3 is 2. The number of nitriles is 1. The van der Waals surface area contributed by atoms with E-state index >= 15 is 0 Å². The molecule has 0 aliphatic rings. The molecular formula is C15H19N3O2. The van der Waals surface area contributed by atoms with Gasteiger partial charge >= 0.3 is 0 Å². The van der Waals surface area contributed by atoms with Gasteiger partial charge < -0.3 is 14.0 Å². The van der Waals surface area contributed by atoms with E-state index in [9.17, 15) is 5.26 Å². The zero-order chi connectivity index (χ0) is 14.5. The first-order valence-electron chi connectivity index (χ1n) is 6.46. The average Bonchev–Trinajstić information content (AvgIpc) is 2.80. The zero-order valence-corrected chi connectivity index (χ0v) is 12.0. The molecule has 2 rings (SSSR count). The van der Waals surface area contributed by atoms with Crippen LogP contribution in [0, 0.1) is 11.3 Å². The molecule has 0 fully saturated rings. The quantitative estimate of drug-likeness (QED) is 0.818. The Morgan fingerprint density at radius 1 is 1.40 bits per heavy atom. The Morgan fingerprint density at radius 3 is 2.85 bits per heavy atom. The van der Waals surface area contributed by atoms with Crippen molar-refractivity contribution in [3.8, 4) is 11.8 Å². The van der Waals surface area contributed by atoms with E-state index in [1.807, 2.05) is 36.0 Å². The van der Waals surface area contributed by atoms with Crippen LogP contribution < -0.4 is 10.1 Å². The summed E-state index contributed by atoms with van der Waals surface area (Å²) in [4.78, 5) is 0. The molecular weight excluding hydrogens is 254 g/mol. The topological polar surface area (TPSA) is 59.2 Å². The molecule has 1 aromatic heterocycles. The summed E-state index contributed by atoms with van der Waals surface area (Å²) in [6.45, 7) is 1.21. The van der Waals surface area contributed by atoms with E-state index in [0.717, 1.165) is 22.2 Å². The number of fused-ring (bicyclic) bond motifs is 1. The van der Waals surface area contributed by atoms with Crippen molar-refractivity contribution >= 4 is 10.9 Å². The van der Waals surface area contributed by atoms with E-state index in [2.05, 4.69) is 11.4 Å². The summed E-state index contributed by atoms with van der Waals surface area (Å²) in [6.07, 6.45) is 1.98. The second kappa shape index (κ2) is 6.42. The first-order chi connectivity index (χ1) is 9.71. The first kappa shape index (κ1) is 14.4. The molecule has 0 amide bonds. The Hall–Kier alpha value is -2.03. The summed E-state index contributed by atoms with van der Waals surface area (Å²) in [5, 5.41) is 13.6. The Balaban J connectivity index is 2.39. The molecule has 5 nitrogen and oxygen atoms in total. The molecule has 1 aromatic carbocycles. The summed E-state index contributed by atoms with van der Waals surface area (Å²) in [5.74, 6) is 0.790. The normalized spacial score (nSPS) is 12.3. The van der Waals surface area contributed by atoms with Gasteiger partial charge in [0.2, 0.25) is 0 Å². The second-order valence-electron chi connectivity index (χ2n) is 4.59. The third-order valence-corrected chi connectivity index (χ3v) is 3.32. The molecule has 0 aliphatic carbocycles. The highest BCUT2D eigenvalue weighted by molar-refractivity contribution is 5.86. The van der Waals surface area contributed by atoms with Crippen molar-refractivity contribution in [3.05, 3.63) is 30.0 Å². The van der Waals surface area contributed by atoms with E-state index in [1.54, 1.807) is 14.2 Å². The van der Waals surface area contributed by atoms with Gasteiger partial charge in [0.15, 0.2) is 0 Å². The molecule has 1 heterocycles. The standard InChI is InChI=1S/C15H19N3O2/c1-18-10-13(14(9-16)17-6-7-19-2)12-8-11(20-3)4-5-15(12)18/h4-5,8,10,14,17H,6-7H2,1-3H3. The molecule has 1 unspecified atom stereocenters. The summed E-state index contributed by atoms with van der Waals surface area (Å²) in [5.41, 5.74) is 2.04. The lowest BCUT2D eigenvalue weighted by molar-refractivity contribution is 0.198. The van der Waals surface area contributed by atoms with Gasteiger partial charge in [-0.05, 0) is 18.2 Å². The minimum Gasteiger partial charge on any atom is -0.497 e. The van der Waals surface area contributed by atoms with Gasteiger partial charge in [-0.15, -0.1) is 0 Å². The second-order valence-corrected chi connectivity index (χ2v) is 4.59. The van der Waals surface area contributed by atoms with Gasteiger partial charge in [-0.1, -0.05) is 0 Å². The number of benzene rings is 1. The molecule has 20 heavy (non-hydrogen) atoms. The lowest BCUT2D eigenvalue weighted by atomic mass is 10.1. The highest BCUT2D eigenvalue weighted by Crippen LogP contribution is 2.29. The third kappa shape index (κ3) is 2.77. The van der Waals surface area contributed by atoms with Crippen molar-refractivity contribution in [3.63, 3.8) is 0 Å². The summed E-state index contributed by atoms with van der Waals surface area (Å²) < 4.78 is 12.3. The van der Waals surface area contributed by atoms with Crippen LogP contribution in [0.4, 0.5) is 0 Å². The van der Waals surface area contributed by atoms with Gasteiger partial charge in [-0.2, -0.15) is 5.26 Å². The minimum atomic E-state index is -0.360. The Kier molecular flexibility index (Phi) is 4.61. The Bertz CT molecular complexity index is 628. The SMILES string of the molecule is COCCNC(C#N)c1cn(C)c2ccc(OC)cc12. The van der Waals surface area contributed by atoms with Crippen molar-refractivity contribution in [2.75, 3.05) is 27.4 Å². The maximum Gasteiger partial charge on any atom is 0.123 e. The van der Waals surface area contributed by atoms with E-state index in [1.165, 1.54) is 0 Å². The molecule has 2 aromatic rings. The van der Waals surface area contributed by atoms with Crippen LogP contribution >= 0.6 is 0 Å². The number of aromatic nitrogens is 1. The van der Waals surface area contributed by atoms with E-state index in [0.29, 0.717) is 13.2 Å². The molecule has 0 bridgehead atoms. The van der Waals surface area contributed by atoms with E-state index < -0.39 is 0 Å². The van der Waals surface area contributed by atoms with Crippen molar-refractivity contribution in [2.24, 2.45) is 7.05 Å². The molecule has 0 saturated carbocycles. The fraction of sp³-hybridized carbons (Fsp3) is 0.400. The van der Waals surface area contributed by atoms with Gasteiger partial charge in [0, 0.05) is 43.4 Å². The van der Waals surface area contributed by atoms with Crippen LogP contribution in [0.15, 0.2) is 24.4 Å². The van der Waals surface area contributed by atoms with Crippen LogP contribution in [-0.4, -0.2) is 31.9 Å². The monoisotopic (exact) mass is 273 g/mol. The van der Waals surface area contributed by atoms with Crippen LogP contribution in [-0.2, 0) is 11.8 Å². The van der Waals surface area contributed by atoms with Crippen LogP contribution in [0.25, 0.3) is 10.9 Å². The fourth-order valence-corrected chi connectivity index (χ4v) is 2.29. The molecule has 0 radical (unpaired) electrons. The summed E-state index contributed by atoms with van der Waals surface area (Å²) in [6, 6.07) is 7.83. The van der Waals surface area contributed by atoms with Gasteiger partial charge in [-0.3, -0.25) is 5.32 Å². The van der Waals surface area contributed by atoms with Crippen LogP contribution in [0.1, 0.15) is 11.6 Å². The largest absolute Gasteiger partial charge is 0.497 e. The van der Waals surface area contributed by atoms with Crippen LogP contribution in [0.3, 0.4) is 0 Å². The fourth-order valence-electron chi connectivity index (χ4n) is 2.29. The highest BCUT2D eigenvalue weighted by Gasteiger charge is 2.16. The van der Waals surface area contributed by atoms with Crippen LogP contribution in [0.5, 0.6) is 5.75 Å². The molecule has 1 N–H and O–H groups in total. The predicted octanol–water partition coefficient (Wildman–Crippen LogP) is 1.99. The van der Waals surface area contributed by atoms with E-state index in [-0.39, 0.29) is 6.04 Å². The molecule has 1 atom stereocenters. The Labute approximate surface area is 118 Å².